The van der Waals surface area contributed by atoms with Crippen LogP contribution in [-0.2, 0) is 32.4 Å². The predicted octanol–water partition coefficient (Wildman–Crippen LogP) is 4.98. The number of fused-ring (bicyclic) bond motifs is 1. The van der Waals surface area contributed by atoms with E-state index in [1.807, 2.05) is 6.20 Å². The molecule has 0 spiro atoms. The first kappa shape index (κ1) is 27.2. The van der Waals surface area contributed by atoms with Crippen molar-refractivity contribution in [1.82, 2.24) is 19.8 Å². The standard InChI is InChI=1S/C26H31ClN4O5S/c1-25(2,3)35-22(32)9-11-29-37(33,34)21-7-6-16(12-20(21)27)23-30-24(36-31-23)19-15-28-14-17-13-26(4,5)10-8-18(17)19/h6-7,12,14-15,29H,8-11,13H2,1-5H3. The molecule has 1 aliphatic carbocycles. The first-order valence-corrected chi connectivity index (χ1v) is 13.9. The smallest absolute Gasteiger partial charge is 0.307 e. The molecule has 198 valence electrons. The Morgan fingerprint density at radius 1 is 1.24 bits per heavy atom. The van der Waals surface area contributed by atoms with Gasteiger partial charge in [0.25, 0.3) is 5.89 Å². The lowest BCUT2D eigenvalue weighted by Crippen LogP contribution is -2.29. The summed E-state index contributed by atoms with van der Waals surface area (Å²) >= 11 is 6.33. The third kappa shape index (κ3) is 6.55. The van der Waals surface area contributed by atoms with Gasteiger partial charge in [-0.15, -0.1) is 0 Å². The number of nitrogens with one attached hydrogen (secondary N) is 1. The minimum Gasteiger partial charge on any atom is -0.460 e. The molecule has 0 saturated heterocycles. The highest BCUT2D eigenvalue weighted by molar-refractivity contribution is 7.89. The van der Waals surface area contributed by atoms with Crippen LogP contribution in [-0.4, -0.2) is 41.7 Å². The molecule has 1 aromatic carbocycles. The van der Waals surface area contributed by atoms with Crippen LogP contribution in [0.4, 0.5) is 0 Å². The summed E-state index contributed by atoms with van der Waals surface area (Å²) in [7, 11) is -3.95. The first-order chi connectivity index (χ1) is 17.2. The number of nitrogens with zero attached hydrogens (tertiary/aromatic N) is 3. The van der Waals surface area contributed by atoms with E-state index >= 15 is 0 Å². The number of carbonyl (C=O) groups excluding carboxylic acids is 1. The van der Waals surface area contributed by atoms with Gasteiger partial charge in [-0.05, 0) is 74.8 Å². The number of benzene rings is 1. The second-order valence-electron chi connectivity index (χ2n) is 11.0. The fraction of sp³-hybridized carbons (Fsp3) is 0.462. The van der Waals surface area contributed by atoms with Gasteiger partial charge in [-0.2, -0.15) is 4.98 Å². The zero-order chi connectivity index (χ0) is 27.0. The summed E-state index contributed by atoms with van der Waals surface area (Å²) in [6, 6.07) is 4.40. The highest BCUT2D eigenvalue weighted by Crippen LogP contribution is 2.38. The average molecular weight is 547 g/mol. The molecule has 0 unspecified atom stereocenters. The zero-order valence-electron chi connectivity index (χ0n) is 21.6. The third-order valence-electron chi connectivity index (χ3n) is 6.04. The maximum absolute atomic E-state index is 12.7. The second-order valence-corrected chi connectivity index (χ2v) is 13.1. The van der Waals surface area contributed by atoms with E-state index in [9.17, 15) is 13.2 Å². The quantitative estimate of drug-likeness (QED) is 0.411. The van der Waals surface area contributed by atoms with Gasteiger partial charge >= 0.3 is 5.97 Å². The summed E-state index contributed by atoms with van der Waals surface area (Å²) < 4.78 is 38.6. The number of aromatic nitrogens is 3. The molecule has 4 rings (SSSR count). The molecule has 0 radical (unpaired) electrons. The normalized spacial score (nSPS) is 15.3. The molecule has 11 heteroatoms. The Morgan fingerprint density at radius 3 is 2.70 bits per heavy atom. The largest absolute Gasteiger partial charge is 0.460 e. The highest BCUT2D eigenvalue weighted by Gasteiger charge is 2.29. The van der Waals surface area contributed by atoms with Crippen molar-refractivity contribution < 1.29 is 22.5 Å². The van der Waals surface area contributed by atoms with Crippen molar-refractivity contribution in [3.8, 4) is 22.8 Å². The number of halogens is 1. The first-order valence-electron chi connectivity index (χ1n) is 12.1. The summed E-state index contributed by atoms with van der Waals surface area (Å²) in [5, 5.41) is 4.08. The van der Waals surface area contributed by atoms with Crippen LogP contribution in [0.25, 0.3) is 22.8 Å². The van der Waals surface area contributed by atoms with E-state index in [-0.39, 0.29) is 34.1 Å². The molecular formula is C26H31ClN4O5S. The molecule has 1 N–H and O–H groups in total. The Labute approximate surface area is 222 Å². The zero-order valence-corrected chi connectivity index (χ0v) is 23.2. The summed E-state index contributed by atoms with van der Waals surface area (Å²) in [6.07, 6.45) is 6.42. The molecule has 0 fully saturated rings. The number of rotatable bonds is 7. The van der Waals surface area contributed by atoms with Gasteiger partial charge in [0.05, 0.1) is 17.0 Å². The summed E-state index contributed by atoms with van der Waals surface area (Å²) in [5.74, 6) is 0.145. The Bertz CT molecular complexity index is 1430. The van der Waals surface area contributed by atoms with Crippen molar-refractivity contribution >= 4 is 27.6 Å². The van der Waals surface area contributed by atoms with E-state index in [1.165, 1.54) is 23.3 Å². The summed E-state index contributed by atoms with van der Waals surface area (Å²) in [6.45, 7) is 9.61. The predicted molar refractivity (Wildman–Crippen MR) is 139 cm³/mol. The highest BCUT2D eigenvalue weighted by atomic mass is 35.5. The molecule has 0 aliphatic heterocycles. The van der Waals surface area contributed by atoms with Gasteiger partial charge in [-0.25, -0.2) is 13.1 Å². The summed E-state index contributed by atoms with van der Waals surface area (Å²) in [4.78, 5) is 20.6. The van der Waals surface area contributed by atoms with E-state index in [0.717, 1.165) is 24.8 Å². The monoisotopic (exact) mass is 546 g/mol. The van der Waals surface area contributed by atoms with E-state index in [2.05, 4.69) is 33.7 Å². The molecule has 3 aromatic rings. The molecule has 0 atom stereocenters. The van der Waals surface area contributed by atoms with Gasteiger partial charge in [0.15, 0.2) is 0 Å². The lowest BCUT2D eigenvalue weighted by molar-refractivity contribution is -0.154. The Balaban J connectivity index is 1.49. The molecule has 1 aliphatic rings. The molecule has 0 bridgehead atoms. The van der Waals surface area contributed by atoms with Crippen LogP contribution >= 0.6 is 11.6 Å². The van der Waals surface area contributed by atoms with Crippen LogP contribution in [0, 0.1) is 5.41 Å². The molecule has 2 heterocycles. The molecule has 0 amide bonds. The molecule has 2 aromatic heterocycles. The lowest BCUT2D eigenvalue weighted by Gasteiger charge is -2.31. The second kappa shape index (κ2) is 10.2. The van der Waals surface area contributed by atoms with E-state index in [4.69, 9.17) is 20.9 Å². The number of sulfonamides is 1. The van der Waals surface area contributed by atoms with Gasteiger partial charge < -0.3 is 9.26 Å². The van der Waals surface area contributed by atoms with E-state index in [0.29, 0.717) is 11.5 Å². The van der Waals surface area contributed by atoms with Gasteiger partial charge in [-0.1, -0.05) is 30.6 Å². The van der Waals surface area contributed by atoms with Gasteiger partial charge in [-0.3, -0.25) is 9.78 Å². The minimum absolute atomic E-state index is 0.00499. The van der Waals surface area contributed by atoms with Crippen LogP contribution in [0.3, 0.4) is 0 Å². The van der Waals surface area contributed by atoms with Gasteiger partial charge in [0.2, 0.25) is 15.8 Å². The Hall–Kier alpha value is -2.82. The summed E-state index contributed by atoms with van der Waals surface area (Å²) in [5.41, 5.74) is 3.25. The number of carbonyl (C=O) groups is 1. The van der Waals surface area contributed by atoms with Gasteiger partial charge in [0.1, 0.15) is 10.5 Å². The van der Waals surface area contributed by atoms with Crippen LogP contribution in [0.15, 0.2) is 40.0 Å². The van der Waals surface area contributed by atoms with Crippen LogP contribution in [0.5, 0.6) is 0 Å². The van der Waals surface area contributed by atoms with Crippen molar-refractivity contribution in [2.24, 2.45) is 5.41 Å². The molecule has 37 heavy (non-hydrogen) atoms. The minimum atomic E-state index is -3.95. The van der Waals surface area contributed by atoms with Crippen molar-refractivity contribution in [2.75, 3.05) is 6.54 Å². The number of esters is 1. The number of pyridine rings is 1. The SMILES string of the molecule is CC1(C)CCc2c(cncc2-c2nc(-c3ccc(S(=O)(=O)NCCC(=O)OC(C)(C)C)c(Cl)c3)no2)C1. The maximum atomic E-state index is 12.7. The van der Waals surface area contributed by atoms with E-state index in [1.54, 1.807) is 33.0 Å². The fourth-order valence-electron chi connectivity index (χ4n) is 4.30. The third-order valence-corrected chi connectivity index (χ3v) is 7.99. The molecular weight excluding hydrogens is 516 g/mol. The number of ether oxygens (including phenoxy) is 1. The number of hydrogen-bond acceptors (Lipinski definition) is 8. The van der Waals surface area contributed by atoms with Crippen molar-refractivity contribution in [3.05, 3.63) is 46.7 Å². The van der Waals surface area contributed by atoms with Crippen molar-refractivity contribution in [2.45, 2.75) is 70.8 Å². The van der Waals surface area contributed by atoms with Crippen LogP contribution < -0.4 is 4.72 Å². The van der Waals surface area contributed by atoms with Crippen LogP contribution in [0.2, 0.25) is 5.02 Å². The maximum Gasteiger partial charge on any atom is 0.307 e. The fourth-order valence-corrected chi connectivity index (χ4v) is 5.87. The lowest BCUT2D eigenvalue weighted by atomic mass is 9.74. The topological polar surface area (TPSA) is 124 Å². The molecule has 0 saturated carbocycles. The average Bonchev–Trinajstić information content (AvgIpc) is 3.26. The van der Waals surface area contributed by atoms with Crippen molar-refractivity contribution in [1.29, 1.82) is 0 Å². The van der Waals surface area contributed by atoms with E-state index < -0.39 is 21.6 Å². The van der Waals surface area contributed by atoms with Gasteiger partial charge in [0, 0.05) is 24.5 Å². The van der Waals surface area contributed by atoms with Crippen molar-refractivity contribution in [3.63, 3.8) is 0 Å². The van der Waals surface area contributed by atoms with Crippen LogP contribution in [0.1, 0.15) is 58.6 Å². The molecule has 9 nitrogen and oxygen atoms in total. The number of hydrogen-bond donors (Lipinski definition) is 1. The Morgan fingerprint density at radius 2 is 2.00 bits per heavy atom. The Kier molecular flexibility index (Phi) is 7.47.